The van der Waals surface area contributed by atoms with Gasteiger partial charge >= 0.3 is 96.1 Å². The lowest BCUT2D eigenvalue weighted by Gasteiger charge is -2.32. The number of nitrogens with one attached hydrogen (secondary N) is 5. The fraction of sp³-hybridized carbons (Fsp3) is 0.487. The molecule has 118 heavy (non-hydrogen) atoms. The summed E-state index contributed by atoms with van der Waals surface area (Å²) in [5, 5.41) is 48.5. The Morgan fingerprint density at radius 3 is 0.881 bits per heavy atom. The van der Waals surface area contributed by atoms with Gasteiger partial charge in [-0.15, -0.1) is 0 Å². The van der Waals surface area contributed by atoms with E-state index in [0.29, 0.717) is 55.5 Å². The van der Waals surface area contributed by atoms with Crippen molar-refractivity contribution in [2.45, 2.75) is 251 Å². The molecular weight excluding hydrogens is 1530 g/mol. The first-order valence-electron chi connectivity index (χ1n) is 38.1. The van der Waals surface area contributed by atoms with Gasteiger partial charge < -0.3 is 93.8 Å². The van der Waals surface area contributed by atoms with E-state index in [0.717, 1.165) is 16.4 Å². The summed E-state index contributed by atoms with van der Waals surface area (Å²) >= 11 is 0. The molecule has 0 spiro atoms. The lowest BCUT2D eigenvalue weighted by atomic mass is 9.78. The van der Waals surface area contributed by atoms with Crippen molar-refractivity contribution in [3.63, 3.8) is 0 Å². The molecule has 9 N–H and O–H groups in total. The van der Waals surface area contributed by atoms with Gasteiger partial charge in [0.25, 0.3) is 0 Å². The maximum absolute atomic E-state index is 11.9. The van der Waals surface area contributed by atoms with Crippen molar-refractivity contribution in [3.05, 3.63) is 91.0 Å². The van der Waals surface area contributed by atoms with Crippen molar-refractivity contribution in [2.75, 3.05) is 26.6 Å². The molecule has 0 radical (unpaired) electrons. The maximum Gasteiger partial charge on any atom is 0.494 e. The van der Waals surface area contributed by atoms with Gasteiger partial charge in [0.2, 0.25) is 0 Å². The van der Waals surface area contributed by atoms with E-state index in [9.17, 15) is 24.0 Å². The smallest absolute Gasteiger partial charge is 0.443 e. The highest BCUT2D eigenvalue weighted by Crippen LogP contribution is 2.37. The molecular formula is C78H109B5N10O25. The Labute approximate surface area is 686 Å². The third-order valence-electron chi connectivity index (χ3n) is 15.3. The number of benzene rings is 5. The summed E-state index contributed by atoms with van der Waals surface area (Å²) in [5.74, 6) is 0. The average molecular weight is 1640 g/mol. The lowest BCUT2D eigenvalue weighted by Crippen LogP contribution is -2.41. The molecule has 0 aliphatic carbocycles. The van der Waals surface area contributed by atoms with Crippen LogP contribution in [0.1, 0.15) is 187 Å². The highest BCUT2D eigenvalue weighted by molar-refractivity contribution is 6.63. The van der Waals surface area contributed by atoms with Gasteiger partial charge in [-0.1, -0.05) is 30.3 Å². The van der Waals surface area contributed by atoms with Crippen LogP contribution >= 0.6 is 0 Å². The van der Waals surface area contributed by atoms with Crippen LogP contribution in [0.15, 0.2) is 113 Å². The third-order valence-corrected chi connectivity index (χ3v) is 15.3. The number of hydrogen-bond acceptors (Lipinski definition) is 30. The highest BCUT2D eigenvalue weighted by atomic mass is 16.7. The Balaban J connectivity index is 0.000000205. The van der Waals surface area contributed by atoms with Gasteiger partial charge in [0.05, 0.1) is 11.2 Å². The molecule has 1 saturated heterocycles. The Bertz CT molecular complexity index is 4620. The molecule has 0 atom stereocenters. The Hall–Kier alpha value is -10.3. The first-order valence-corrected chi connectivity index (χ1v) is 38.1. The minimum absolute atomic E-state index is 0.00793. The van der Waals surface area contributed by atoms with Crippen LogP contribution in [0.2, 0.25) is 0 Å². The van der Waals surface area contributed by atoms with E-state index < -0.39 is 105 Å². The van der Waals surface area contributed by atoms with Gasteiger partial charge in [0.15, 0.2) is 27.9 Å². The summed E-state index contributed by atoms with van der Waals surface area (Å²) in [6, 6.07) is 25.7. The van der Waals surface area contributed by atoms with Crippen molar-refractivity contribution in [1.82, 2.24) is 24.9 Å². The maximum atomic E-state index is 11.9. The number of carbonyl (C=O) groups excluding carboxylic acids is 5. The summed E-state index contributed by atoms with van der Waals surface area (Å²) in [4.78, 5) is 79.5. The van der Waals surface area contributed by atoms with E-state index in [-0.39, 0.29) is 65.4 Å². The number of rotatable bonds is 18. The normalized spacial score (nSPS) is 13.4. The predicted octanol–water partition coefficient (Wildman–Crippen LogP) is 12.6. The first-order chi connectivity index (χ1) is 54.4. The van der Waals surface area contributed by atoms with Crippen molar-refractivity contribution in [3.8, 4) is 0 Å². The highest BCUT2D eigenvalue weighted by Gasteiger charge is 2.52. The predicted molar refractivity (Wildman–Crippen MR) is 450 cm³/mol. The molecule has 35 nitrogen and oxygen atoms in total. The van der Waals surface area contributed by atoms with Gasteiger partial charge in [-0.25, -0.2) is 50.6 Å². The Morgan fingerprint density at radius 2 is 0.576 bits per heavy atom. The van der Waals surface area contributed by atoms with E-state index >= 15 is 0 Å². The zero-order valence-electron chi connectivity index (χ0n) is 72.0. The summed E-state index contributed by atoms with van der Waals surface area (Å²) < 4.78 is 88.6. The van der Waals surface area contributed by atoms with Gasteiger partial charge in [0.1, 0.15) is 55.6 Å². The summed E-state index contributed by atoms with van der Waals surface area (Å²) in [6.07, 6.45) is -3.16. The zero-order valence-corrected chi connectivity index (χ0v) is 72.0. The van der Waals surface area contributed by atoms with Crippen LogP contribution in [-0.2, 0) is 51.6 Å². The topological polar surface area (TPSA) is 458 Å². The van der Waals surface area contributed by atoms with Crippen LogP contribution in [0.4, 0.5) is 54.0 Å². The first kappa shape index (κ1) is 94.9. The number of ether oxygens (including phenoxy) is 5. The largest absolute Gasteiger partial charge is 0.494 e. The molecule has 6 heterocycles. The van der Waals surface area contributed by atoms with Crippen LogP contribution < -0.4 is 53.9 Å². The Morgan fingerprint density at radius 1 is 0.339 bits per heavy atom. The molecule has 0 bridgehead atoms. The van der Waals surface area contributed by atoms with E-state index in [1.54, 1.807) is 134 Å². The quantitative estimate of drug-likeness (QED) is 0.0284. The van der Waals surface area contributed by atoms with Crippen molar-refractivity contribution >= 4 is 179 Å². The number of carbonyl (C=O) groups is 5. The van der Waals surface area contributed by atoms with Gasteiger partial charge in [-0.05, 0) is 275 Å². The number of anilines is 5. The molecule has 1 aliphatic rings. The minimum Gasteiger partial charge on any atom is -0.443 e. The molecule has 10 aromatic rings. The van der Waals surface area contributed by atoms with Crippen molar-refractivity contribution in [1.29, 1.82) is 0 Å². The summed E-state index contributed by atoms with van der Waals surface area (Å²) in [7, 11) is -4.67. The molecule has 11 rings (SSSR count). The van der Waals surface area contributed by atoms with Crippen LogP contribution in [0.3, 0.4) is 0 Å². The zero-order chi connectivity index (χ0) is 88.1. The number of fused-ring (bicyclic) bond motifs is 5. The van der Waals surface area contributed by atoms with Gasteiger partial charge in [-0.2, -0.15) is 24.9 Å². The molecule has 1 aliphatic heterocycles. The lowest BCUT2D eigenvalue weighted by molar-refractivity contribution is 0.00578. The Kier molecular flexibility index (Phi) is 31.4. The average Bonchev–Trinajstić information content (AvgIpc) is 1.62. The second kappa shape index (κ2) is 39.1. The van der Waals surface area contributed by atoms with E-state index in [4.69, 9.17) is 93.8 Å². The second-order valence-electron chi connectivity index (χ2n) is 34.1. The van der Waals surface area contributed by atoms with Crippen molar-refractivity contribution in [2.24, 2.45) is 0 Å². The molecule has 5 aromatic heterocycles. The summed E-state index contributed by atoms with van der Waals surface area (Å²) in [6.45, 7) is 50.2. The summed E-state index contributed by atoms with van der Waals surface area (Å²) in [5.41, 5.74) is 4.25. The number of hydrogen-bond donors (Lipinski definition) is 9. The van der Waals surface area contributed by atoms with E-state index in [1.807, 2.05) is 113 Å². The molecule has 5 amide bonds. The molecule has 0 saturated carbocycles. The fourth-order valence-corrected chi connectivity index (χ4v) is 10.0. The molecule has 1 fully saturated rings. The standard InChI is InChI=1S/C18H25BN2O5.2C18H27BN2O5.2C12H15BN2O5/c1-16(2,3)24-15(22)21-14-20-12-9-8-11(10-13(12)23-14)19-25-17(4,5)18(6,7)26-19;1-11(2)25-19(26-12(3)4)13-8-9-15-14(10-13)20-16(23-15)21-17(22)24-18(5,6)7;1-11(2)25-19(26-12(3)4)13-8-9-14-15(10-13)23-16(20-14)21-17(22)24-18(5,6)7;1-12(2,3)20-11(16)15-10-14-8-6-7(13(17)18)4-5-9(8)19-10;1-12(2,3)20-11(16)15-10-14-8-5-4-7(13(17)18)6-9(8)19-10/h8-10H,1-7H3,(H,20,21,22);2*8-12H,1-7H3,(H,20,21,22);2*4-6,17-18H,1-3H3,(H,14,15,16). The number of amides is 5. The van der Waals surface area contributed by atoms with E-state index in [1.165, 1.54) is 30.3 Å². The fourth-order valence-electron chi connectivity index (χ4n) is 10.0. The van der Waals surface area contributed by atoms with Crippen molar-refractivity contribution < 1.29 is 118 Å². The third kappa shape index (κ3) is 30.6. The number of oxazole rings is 5. The van der Waals surface area contributed by atoms with Crippen LogP contribution in [-0.4, -0.2) is 175 Å². The minimum atomic E-state index is -1.59. The SMILES string of the molecule is CC(C)(C)OC(=O)Nc1nc2cc(B(O)O)ccc2o1.CC(C)(C)OC(=O)Nc1nc2ccc(B(O)O)cc2o1.CC(C)(C)OC(=O)Nc1nc2ccc(B3OC(C)(C)C(C)(C)O3)cc2o1.CC(C)OB(OC(C)C)c1ccc2nc(NC(=O)OC(C)(C)C)oc2c1.CC(C)OB(OC(C)C)c1ccc2oc(NC(=O)OC(C)(C)C)nc2c1. The number of aromatic nitrogens is 5. The molecule has 0 unspecified atom stereocenters. The van der Waals surface area contributed by atoms with Crippen LogP contribution in [0.25, 0.3) is 55.5 Å². The van der Waals surface area contributed by atoms with Gasteiger partial charge in [0, 0.05) is 24.4 Å². The monoisotopic (exact) mass is 1640 g/mol. The van der Waals surface area contributed by atoms with Gasteiger partial charge in [-0.3, -0.25) is 0 Å². The van der Waals surface area contributed by atoms with Crippen LogP contribution in [0, 0.1) is 0 Å². The molecule has 636 valence electrons. The van der Waals surface area contributed by atoms with E-state index in [2.05, 4.69) is 51.5 Å². The molecule has 40 heteroatoms. The number of nitrogens with zero attached hydrogens (tertiary/aromatic N) is 5. The molecule has 5 aromatic carbocycles. The second-order valence-corrected chi connectivity index (χ2v) is 34.1. The van der Waals surface area contributed by atoms with Crippen LogP contribution in [0.5, 0.6) is 0 Å².